The lowest BCUT2D eigenvalue weighted by molar-refractivity contribution is 0.190. The lowest BCUT2D eigenvalue weighted by atomic mass is 9.97. The molecule has 1 saturated heterocycles. The molecule has 152 valence electrons. The van der Waals surface area contributed by atoms with Crippen molar-refractivity contribution in [2.75, 3.05) is 32.6 Å². The number of ether oxygens (including phenoxy) is 2. The highest BCUT2D eigenvalue weighted by atomic mass is 32.1. The van der Waals surface area contributed by atoms with E-state index in [9.17, 15) is 4.79 Å². The van der Waals surface area contributed by atoms with Crippen LogP contribution < -0.4 is 14.8 Å². The zero-order valence-corrected chi connectivity index (χ0v) is 17.1. The number of hydrogen-bond acceptors (Lipinski definition) is 7. The first-order valence-corrected chi connectivity index (χ1v) is 10.3. The third-order valence-corrected chi connectivity index (χ3v) is 5.67. The van der Waals surface area contributed by atoms with Crippen molar-refractivity contribution in [3.63, 3.8) is 0 Å². The minimum absolute atomic E-state index is 0.158. The molecular weight excluding hydrogens is 392 g/mol. The number of likely N-dealkylation sites (tertiary alicyclic amines) is 1. The molecule has 0 atom stereocenters. The number of methoxy groups -OCH3 is 2. The maximum absolute atomic E-state index is 12.7. The van der Waals surface area contributed by atoms with Gasteiger partial charge in [-0.2, -0.15) is 11.3 Å². The largest absolute Gasteiger partial charge is 0.493 e. The number of amides is 2. The van der Waals surface area contributed by atoms with Crippen LogP contribution in [0.1, 0.15) is 24.7 Å². The topological polar surface area (TPSA) is 89.7 Å². The number of urea groups is 1. The number of aromatic nitrogens is 2. The van der Waals surface area contributed by atoms with Crippen LogP contribution >= 0.6 is 11.3 Å². The van der Waals surface area contributed by atoms with Crippen LogP contribution in [-0.4, -0.2) is 48.4 Å². The number of nitrogens with one attached hydrogen (secondary N) is 1. The minimum atomic E-state index is -0.167. The Hall–Kier alpha value is -3.07. The van der Waals surface area contributed by atoms with Gasteiger partial charge in [-0.3, -0.25) is 0 Å². The fraction of sp³-hybridized carbons (Fsp3) is 0.350. The SMILES string of the molecule is COc1cccc(NC(=O)N2CCC(c3nnc(-c4ccsc4)o3)CC2)c1OC. The number of nitrogens with zero attached hydrogens (tertiary/aromatic N) is 3. The molecule has 0 spiro atoms. The van der Waals surface area contributed by atoms with Gasteiger partial charge in [0.25, 0.3) is 0 Å². The number of hydrogen-bond donors (Lipinski definition) is 1. The molecule has 2 aromatic heterocycles. The van der Waals surface area contributed by atoms with Gasteiger partial charge in [-0.1, -0.05) is 6.07 Å². The number of para-hydroxylation sites is 1. The molecule has 1 fully saturated rings. The molecule has 2 amide bonds. The van der Waals surface area contributed by atoms with E-state index in [0.717, 1.165) is 18.4 Å². The second-order valence-electron chi connectivity index (χ2n) is 6.69. The van der Waals surface area contributed by atoms with Crippen molar-refractivity contribution in [2.45, 2.75) is 18.8 Å². The molecule has 1 aliphatic heterocycles. The maximum atomic E-state index is 12.7. The Morgan fingerprint density at radius 3 is 2.72 bits per heavy atom. The number of carbonyl (C=O) groups excluding carboxylic acids is 1. The number of rotatable bonds is 5. The van der Waals surface area contributed by atoms with Crippen molar-refractivity contribution in [1.29, 1.82) is 0 Å². The zero-order valence-electron chi connectivity index (χ0n) is 16.3. The van der Waals surface area contributed by atoms with Gasteiger partial charge in [0, 0.05) is 30.0 Å². The summed E-state index contributed by atoms with van der Waals surface area (Å²) in [5, 5.41) is 15.2. The first-order chi connectivity index (χ1) is 14.2. The van der Waals surface area contributed by atoms with Crippen molar-refractivity contribution >= 4 is 23.1 Å². The minimum Gasteiger partial charge on any atom is -0.493 e. The second kappa shape index (κ2) is 8.52. The van der Waals surface area contributed by atoms with E-state index in [4.69, 9.17) is 13.9 Å². The first kappa shape index (κ1) is 19.3. The number of anilines is 1. The van der Waals surface area contributed by atoms with Crippen LogP contribution in [0.15, 0.2) is 39.4 Å². The summed E-state index contributed by atoms with van der Waals surface area (Å²) in [6, 6.07) is 7.18. The van der Waals surface area contributed by atoms with Gasteiger partial charge in [-0.05, 0) is 36.4 Å². The summed E-state index contributed by atoms with van der Waals surface area (Å²) in [6.07, 6.45) is 1.54. The molecule has 8 nitrogen and oxygen atoms in total. The molecule has 3 aromatic rings. The fourth-order valence-corrected chi connectivity index (χ4v) is 4.04. The average Bonchev–Trinajstić information content (AvgIpc) is 3.45. The summed E-state index contributed by atoms with van der Waals surface area (Å²) in [5.41, 5.74) is 1.52. The molecule has 1 N–H and O–H groups in total. The summed E-state index contributed by atoms with van der Waals surface area (Å²) in [6.45, 7) is 1.22. The standard InChI is InChI=1S/C20H22N4O4S/c1-26-16-5-3-4-15(17(16)27-2)21-20(25)24-9-6-13(7-10-24)18-22-23-19(28-18)14-8-11-29-12-14/h3-5,8,11-13H,6-7,9-10H2,1-2H3,(H,21,25). The van der Waals surface area contributed by atoms with E-state index in [0.29, 0.717) is 42.1 Å². The lowest BCUT2D eigenvalue weighted by Gasteiger charge is -2.30. The van der Waals surface area contributed by atoms with Crippen LogP contribution in [0.2, 0.25) is 0 Å². The Morgan fingerprint density at radius 1 is 1.21 bits per heavy atom. The average molecular weight is 414 g/mol. The van der Waals surface area contributed by atoms with E-state index >= 15 is 0 Å². The smallest absolute Gasteiger partial charge is 0.321 e. The zero-order chi connectivity index (χ0) is 20.2. The van der Waals surface area contributed by atoms with Crippen LogP contribution in [0, 0.1) is 0 Å². The fourth-order valence-electron chi connectivity index (χ4n) is 3.41. The summed E-state index contributed by atoms with van der Waals surface area (Å²) in [7, 11) is 3.11. The summed E-state index contributed by atoms with van der Waals surface area (Å²) in [5.74, 6) is 2.42. The Balaban J connectivity index is 1.37. The maximum Gasteiger partial charge on any atom is 0.321 e. The van der Waals surface area contributed by atoms with Crippen molar-refractivity contribution in [2.24, 2.45) is 0 Å². The first-order valence-electron chi connectivity index (χ1n) is 9.32. The summed E-state index contributed by atoms with van der Waals surface area (Å²) in [4.78, 5) is 14.5. The van der Waals surface area contributed by atoms with Crippen molar-refractivity contribution in [3.05, 3.63) is 40.9 Å². The molecule has 0 unspecified atom stereocenters. The Labute approximate surface area is 172 Å². The van der Waals surface area contributed by atoms with Gasteiger partial charge in [-0.25, -0.2) is 4.79 Å². The van der Waals surface area contributed by atoms with Gasteiger partial charge in [0.05, 0.1) is 19.9 Å². The van der Waals surface area contributed by atoms with E-state index in [-0.39, 0.29) is 11.9 Å². The number of carbonyl (C=O) groups is 1. The molecule has 3 heterocycles. The van der Waals surface area contributed by atoms with E-state index in [1.165, 1.54) is 0 Å². The van der Waals surface area contributed by atoms with Crippen LogP contribution in [0.25, 0.3) is 11.5 Å². The molecule has 0 bridgehead atoms. The highest BCUT2D eigenvalue weighted by molar-refractivity contribution is 7.08. The Kier molecular flexibility index (Phi) is 5.66. The monoisotopic (exact) mass is 414 g/mol. The second-order valence-corrected chi connectivity index (χ2v) is 7.47. The molecule has 9 heteroatoms. The molecule has 1 aliphatic rings. The van der Waals surface area contributed by atoms with Crippen molar-refractivity contribution in [1.82, 2.24) is 15.1 Å². The number of benzene rings is 1. The predicted octanol–water partition coefficient (Wildman–Crippen LogP) is 4.23. The van der Waals surface area contributed by atoms with Gasteiger partial charge in [0.2, 0.25) is 11.8 Å². The van der Waals surface area contributed by atoms with Gasteiger partial charge in [0.1, 0.15) is 0 Å². The molecular formula is C20H22N4O4S. The van der Waals surface area contributed by atoms with Crippen molar-refractivity contribution in [3.8, 4) is 23.0 Å². The predicted molar refractivity (Wildman–Crippen MR) is 110 cm³/mol. The third-order valence-electron chi connectivity index (χ3n) is 4.98. The highest BCUT2D eigenvalue weighted by Gasteiger charge is 2.28. The molecule has 1 aromatic carbocycles. The normalized spacial score (nSPS) is 14.6. The molecule has 4 rings (SSSR count). The molecule has 29 heavy (non-hydrogen) atoms. The number of thiophene rings is 1. The van der Waals surface area contributed by atoms with E-state index < -0.39 is 0 Å². The number of piperidine rings is 1. The summed E-state index contributed by atoms with van der Waals surface area (Å²) >= 11 is 1.59. The van der Waals surface area contributed by atoms with Crippen LogP contribution in [0.3, 0.4) is 0 Å². The van der Waals surface area contributed by atoms with Gasteiger partial charge >= 0.3 is 6.03 Å². The van der Waals surface area contributed by atoms with E-state index in [1.807, 2.05) is 22.9 Å². The Morgan fingerprint density at radius 2 is 2.03 bits per heavy atom. The highest BCUT2D eigenvalue weighted by Crippen LogP contribution is 2.35. The van der Waals surface area contributed by atoms with Crippen LogP contribution in [-0.2, 0) is 0 Å². The van der Waals surface area contributed by atoms with E-state index in [2.05, 4.69) is 15.5 Å². The molecule has 0 saturated carbocycles. The lowest BCUT2D eigenvalue weighted by Crippen LogP contribution is -2.40. The van der Waals surface area contributed by atoms with Gasteiger partial charge < -0.3 is 24.1 Å². The third kappa shape index (κ3) is 4.04. The van der Waals surface area contributed by atoms with E-state index in [1.54, 1.807) is 42.6 Å². The van der Waals surface area contributed by atoms with Gasteiger partial charge in [-0.15, -0.1) is 10.2 Å². The summed E-state index contributed by atoms with van der Waals surface area (Å²) < 4.78 is 16.5. The molecule has 0 aliphatic carbocycles. The quantitative estimate of drug-likeness (QED) is 0.672. The van der Waals surface area contributed by atoms with Crippen LogP contribution in [0.5, 0.6) is 11.5 Å². The van der Waals surface area contributed by atoms with Gasteiger partial charge in [0.15, 0.2) is 11.5 Å². The molecule has 0 radical (unpaired) electrons. The van der Waals surface area contributed by atoms with Crippen LogP contribution in [0.4, 0.5) is 10.5 Å². The Bertz CT molecular complexity index is 965. The van der Waals surface area contributed by atoms with Crippen molar-refractivity contribution < 1.29 is 18.7 Å².